The zero-order valence-electron chi connectivity index (χ0n) is 7.63. The first-order valence-electron chi connectivity index (χ1n) is 4.09. The molecule has 1 aliphatic rings. The number of hydrogen-bond acceptors (Lipinski definition) is 6. The highest BCUT2D eigenvalue weighted by Crippen LogP contribution is 2.19. The van der Waals surface area contributed by atoms with Crippen molar-refractivity contribution < 1.29 is 27.2 Å². The summed E-state index contributed by atoms with van der Waals surface area (Å²) in [6.07, 6.45) is 0.308. The van der Waals surface area contributed by atoms with Crippen LogP contribution in [0, 0.1) is 0 Å². The van der Waals surface area contributed by atoms with Gasteiger partial charge in [-0.25, -0.2) is 0 Å². The Hall–Kier alpha value is -0.660. The highest BCUT2D eigenvalue weighted by Gasteiger charge is 2.26. The molecule has 0 spiro atoms. The molecule has 1 rings (SSSR count). The minimum absolute atomic E-state index is 0.136. The predicted molar refractivity (Wildman–Crippen MR) is 43.7 cm³/mol. The Bertz CT molecular complexity index is 308. The minimum atomic E-state index is -3.49. The molecule has 1 saturated heterocycles. The lowest BCUT2D eigenvalue weighted by molar-refractivity contribution is -0.316. The number of aliphatic carboxylic acids is 1. The summed E-state index contributed by atoms with van der Waals surface area (Å²) in [5, 5.41) is 10.4. The van der Waals surface area contributed by atoms with Crippen LogP contribution in [0.5, 0.6) is 0 Å². The fraction of sp³-hybridized carbons (Fsp3) is 0.857. The first-order chi connectivity index (χ1) is 6.38. The summed E-state index contributed by atoms with van der Waals surface area (Å²) in [5.74, 6) is -1.27. The Morgan fingerprint density at radius 2 is 2.21 bits per heavy atom. The van der Waals surface area contributed by atoms with E-state index in [1.807, 2.05) is 0 Å². The molecule has 1 heterocycles. The quantitative estimate of drug-likeness (QED) is 0.525. The molecule has 0 amide bonds. The van der Waals surface area contributed by atoms with Gasteiger partial charge in [0.1, 0.15) is 0 Å². The molecular formula is C7H11O6S-. The smallest absolute Gasteiger partial charge is 0.264 e. The SMILES string of the molecule is CS(=O)(=O)OC[C@H]1CC[C@@H](C(=O)[O-])O1. The average molecular weight is 223 g/mol. The van der Waals surface area contributed by atoms with Gasteiger partial charge in [0.2, 0.25) is 0 Å². The summed E-state index contributed by atoms with van der Waals surface area (Å²) < 4.78 is 30.6. The first-order valence-corrected chi connectivity index (χ1v) is 5.91. The molecule has 0 N–H and O–H groups in total. The molecule has 1 fully saturated rings. The summed E-state index contributed by atoms with van der Waals surface area (Å²) in [6.45, 7) is -0.136. The average Bonchev–Trinajstić information content (AvgIpc) is 2.47. The topological polar surface area (TPSA) is 92.7 Å². The Morgan fingerprint density at radius 1 is 1.57 bits per heavy atom. The highest BCUT2D eigenvalue weighted by molar-refractivity contribution is 7.85. The van der Waals surface area contributed by atoms with Crippen molar-refractivity contribution in [2.75, 3.05) is 12.9 Å². The predicted octanol–water partition coefficient (Wildman–Crippen LogP) is -1.74. The largest absolute Gasteiger partial charge is 0.547 e. The van der Waals surface area contributed by atoms with E-state index in [2.05, 4.69) is 4.18 Å². The third-order valence-electron chi connectivity index (χ3n) is 1.84. The van der Waals surface area contributed by atoms with Crippen LogP contribution in [-0.4, -0.2) is 39.5 Å². The van der Waals surface area contributed by atoms with Gasteiger partial charge in [-0.3, -0.25) is 4.18 Å². The summed E-state index contributed by atoms with van der Waals surface area (Å²) in [5.41, 5.74) is 0. The normalized spacial score (nSPS) is 27.8. The van der Waals surface area contributed by atoms with E-state index in [1.54, 1.807) is 0 Å². The van der Waals surface area contributed by atoms with E-state index in [1.165, 1.54) is 0 Å². The van der Waals surface area contributed by atoms with Crippen LogP contribution in [0.3, 0.4) is 0 Å². The van der Waals surface area contributed by atoms with Crippen molar-refractivity contribution in [2.24, 2.45) is 0 Å². The maximum Gasteiger partial charge on any atom is 0.264 e. The van der Waals surface area contributed by atoms with Crippen molar-refractivity contribution in [2.45, 2.75) is 25.0 Å². The maximum atomic E-state index is 10.6. The van der Waals surface area contributed by atoms with Gasteiger partial charge in [-0.15, -0.1) is 0 Å². The number of ether oxygens (including phenoxy) is 1. The lowest BCUT2D eigenvalue weighted by atomic mass is 10.2. The fourth-order valence-corrected chi connectivity index (χ4v) is 1.60. The van der Waals surface area contributed by atoms with Gasteiger partial charge < -0.3 is 14.6 Å². The fourth-order valence-electron chi connectivity index (χ4n) is 1.20. The van der Waals surface area contributed by atoms with Crippen LogP contribution in [0.4, 0.5) is 0 Å². The van der Waals surface area contributed by atoms with Gasteiger partial charge in [0.25, 0.3) is 10.1 Å². The number of rotatable bonds is 4. The van der Waals surface area contributed by atoms with Crippen LogP contribution in [-0.2, 0) is 23.8 Å². The first kappa shape index (κ1) is 11.4. The number of carbonyl (C=O) groups excluding carboxylic acids is 1. The Kier molecular flexibility index (Phi) is 3.46. The van der Waals surface area contributed by atoms with Gasteiger partial charge in [0.05, 0.1) is 31.0 Å². The van der Waals surface area contributed by atoms with Gasteiger partial charge in [0.15, 0.2) is 0 Å². The number of carboxylic acids is 1. The van der Waals surface area contributed by atoms with Crippen LogP contribution >= 0.6 is 0 Å². The molecule has 0 aromatic rings. The van der Waals surface area contributed by atoms with Gasteiger partial charge in [-0.05, 0) is 12.8 Å². The monoisotopic (exact) mass is 223 g/mol. The van der Waals surface area contributed by atoms with Gasteiger partial charge in [-0.2, -0.15) is 8.42 Å². The summed E-state index contributed by atoms with van der Waals surface area (Å²) in [7, 11) is -3.49. The summed E-state index contributed by atoms with van der Waals surface area (Å²) in [4.78, 5) is 10.4. The number of carboxylic acid groups (broad SMARTS) is 1. The van der Waals surface area contributed by atoms with Crippen molar-refractivity contribution in [3.63, 3.8) is 0 Å². The molecule has 0 aromatic carbocycles. The second kappa shape index (κ2) is 4.24. The third kappa shape index (κ3) is 3.60. The highest BCUT2D eigenvalue weighted by atomic mass is 32.2. The molecule has 0 bridgehead atoms. The molecule has 0 unspecified atom stereocenters. The van der Waals surface area contributed by atoms with Crippen molar-refractivity contribution in [1.29, 1.82) is 0 Å². The van der Waals surface area contributed by atoms with Crippen LogP contribution in [0.1, 0.15) is 12.8 Å². The van der Waals surface area contributed by atoms with Gasteiger partial charge in [-0.1, -0.05) is 0 Å². The molecule has 1 aliphatic heterocycles. The van der Waals surface area contributed by atoms with E-state index < -0.39 is 28.3 Å². The van der Waals surface area contributed by atoms with Crippen molar-refractivity contribution in [1.82, 2.24) is 0 Å². The number of carbonyl (C=O) groups is 1. The molecule has 0 aliphatic carbocycles. The Labute approximate surface area is 81.9 Å². The molecule has 0 radical (unpaired) electrons. The van der Waals surface area contributed by atoms with Gasteiger partial charge >= 0.3 is 0 Å². The van der Waals surface area contributed by atoms with E-state index >= 15 is 0 Å². The molecule has 7 heteroatoms. The van der Waals surface area contributed by atoms with E-state index in [0.717, 1.165) is 6.26 Å². The van der Waals surface area contributed by atoms with E-state index in [4.69, 9.17) is 4.74 Å². The van der Waals surface area contributed by atoms with E-state index in [9.17, 15) is 18.3 Å². The van der Waals surface area contributed by atoms with Crippen molar-refractivity contribution in [3.05, 3.63) is 0 Å². The molecule has 6 nitrogen and oxygen atoms in total. The standard InChI is InChI=1S/C7H12O6S/c1-14(10,11)12-4-5-2-3-6(13-5)7(8)9/h5-6H,2-4H2,1H3,(H,8,9)/p-1/t5-,6+/m1/s1. The van der Waals surface area contributed by atoms with E-state index in [-0.39, 0.29) is 6.61 Å². The summed E-state index contributed by atoms with van der Waals surface area (Å²) >= 11 is 0. The second-order valence-electron chi connectivity index (χ2n) is 3.13. The molecule has 82 valence electrons. The lowest BCUT2D eigenvalue weighted by Gasteiger charge is -2.13. The zero-order chi connectivity index (χ0) is 10.8. The molecule has 2 atom stereocenters. The van der Waals surface area contributed by atoms with Crippen molar-refractivity contribution in [3.8, 4) is 0 Å². The molecular weight excluding hydrogens is 212 g/mol. The van der Waals surface area contributed by atoms with Crippen LogP contribution in [0.2, 0.25) is 0 Å². The van der Waals surface area contributed by atoms with Crippen molar-refractivity contribution >= 4 is 16.1 Å². The summed E-state index contributed by atoms with van der Waals surface area (Å²) in [6, 6.07) is 0. The maximum absolute atomic E-state index is 10.6. The second-order valence-corrected chi connectivity index (χ2v) is 4.78. The molecule has 0 saturated carbocycles. The Morgan fingerprint density at radius 3 is 2.64 bits per heavy atom. The molecule has 14 heavy (non-hydrogen) atoms. The number of hydrogen-bond donors (Lipinski definition) is 0. The zero-order valence-corrected chi connectivity index (χ0v) is 8.45. The van der Waals surface area contributed by atoms with E-state index in [0.29, 0.717) is 12.8 Å². The molecule has 0 aromatic heterocycles. The van der Waals surface area contributed by atoms with Crippen LogP contribution in [0.15, 0.2) is 0 Å². The van der Waals surface area contributed by atoms with Gasteiger partial charge in [0, 0.05) is 0 Å². The minimum Gasteiger partial charge on any atom is -0.547 e. The van der Waals surface area contributed by atoms with Crippen LogP contribution < -0.4 is 5.11 Å². The third-order valence-corrected chi connectivity index (χ3v) is 2.40. The Balaban J connectivity index is 2.33. The van der Waals surface area contributed by atoms with Crippen LogP contribution in [0.25, 0.3) is 0 Å². The lowest BCUT2D eigenvalue weighted by Crippen LogP contribution is -2.36.